The third kappa shape index (κ3) is 4.31. The molecule has 9 heteroatoms. The molecule has 0 radical (unpaired) electrons. The molecule has 1 aliphatic rings. The Morgan fingerprint density at radius 2 is 1.93 bits per heavy atom. The van der Waals surface area contributed by atoms with Crippen LogP contribution >= 0.6 is 0 Å². The van der Waals surface area contributed by atoms with E-state index in [9.17, 15) is 4.79 Å². The average molecular weight is 412 g/mol. The number of carbonyl (C=O) groups excluding carboxylic acids is 1. The fourth-order valence-corrected chi connectivity index (χ4v) is 2.91. The molecule has 0 aliphatic carbocycles. The monoisotopic (exact) mass is 412 g/mol. The molecule has 1 aliphatic heterocycles. The van der Waals surface area contributed by atoms with E-state index in [1.54, 1.807) is 31.4 Å². The number of rotatable bonds is 8. The van der Waals surface area contributed by atoms with Gasteiger partial charge >= 0.3 is 0 Å². The molecule has 2 aromatic carbocycles. The Hall–Kier alpha value is -3.72. The highest BCUT2D eigenvalue weighted by atomic mass is 16.7. The Morgan fingerprint density at radius 3 is 2.77 bits per heavy atom. The maximum absolute atomic E-state index is 12.2. The number of amides is 1. The quantitative estimate of drug-likeness (QED) is 0.602. The van der Waals surface area contributed by atoms with Crippen molar-refractivity contribution in [3.8, 4) is 34.3 Å². The lowest BCUT2D eigenvalue weighted by Crippen LogP contribution is -2.18. The molecule has 0 spiro atoms. The smallest absolute Gasteiger partial charge is 0.250 e. The predicted octanol–water partition coefficient (Wildman–Crippen LogP) is 3.24. The van der Waals surface area contributed by atoms with E-state index in [1.807, 2.05) is 18.2 Å². The van der Waals surface area contributed by atoms with Crippen LogP contribution in [0.25, 0.3) is 11.3 Å². The van der Waals surface area contributed by atoms with E-state index in [-0.39, 0.29) is 25.9 Å². The number of ether oxygens (including phenoxy) is 5. The number of hydrogen-bond donors (Lipinski definition) is 1. The van der Waals surface area contributed by atoms with Crippen LogP contribution in [0.4, 0.5) is 5.69 Å². The van der Waals surface area contributed by atoms with Gasteiger partial charge in [-0.2, -0.15) is 0 Å². The Bertz CT molecular complexity index is 1050. The van der Waals surface area contributed by atoms with Gasteiger partial charge in [-0.05, 0) is 30.3 Å². The number of fused-ring (bicyclic) bond motifs is 1. The largest absolute Gasteiger partial charge is 0.497 e. The topological polar surface area (TPSA) is 101 Å². The summed E-state index contributed by atoms with van der Waals surface area (Å²) in [4.78, 5) is 12.2. The van der Waals surface area contributed by atoms with Crippen LogP contribution in [0.2, 0.25) is 0 Å². The van der Waals surface area contributed by atoms with E-state index < -0.39 is 0 Å². The summed E-state index contributed by atoms with van der Waals surface area (Å²) < 4.78 is 31.9. The summed E-state index contributed by atoms with van der Waals surface area (Å²) in [6.07, 6.45) is 0. The molecular formula is C21H20N2O7. The molecular weight excluding hydrogens is 392 g/mol. The van der Waals surface area contributed by atoms with Gasteiger partial charge in [0.25, 0.3) is 0 Å². The molecule has 1 amide bonds. The summed E-state index contributed by atoms with van der Waals surface area (Å²) in [5, 5.41) is 6.72. The number of aromatic nitrogens is 1. The van der Waals surface area contributed by atoms with Gasteiger partial charge in [-0.25, -0.2) is 0 Å². The van der Waals surface area contributed by atoms with Crippen molar-refractivity contribution in [2.45, 2.75) is 6.61 Å². The van der Waals surface area contributed by atoms with Crippen LogP contribution in [0.5, 0.6) is 23.0 Å². The summed E-state index contributed by atoms with van der Waals surface area (Å²) >= 11 is 0. The van der Waals surface area contributed by atoms with Crippen molar-refractivity contribution in [1.82, 2.24) is 5.16 Å². The number of benzene rings is 2. The van der Waals surface area contributed by atoms with Gasteiger partial charge < -0.3 is 33.5 Å². The van der Waals surface area contributed by atoms with Gasteiger partial charge in [0, 0.05) is 17.7 Å². The van der Waals surface area contributed by atoms with E-state index in [1.165, 1.54) is 7.11 Å². The Kier molecular flexibility index (Phi) is 5.71. The van der Waals surface area contributed by atoms with E-state index in [0.717, 1.165) is 5.56 Å². The van der Waals surface area contributed by atoms with Crippen LogP contribution in [0.15, 0.2) is 47.0 Å². The van der Waals surface area contributed by atoms with E-state index in [2.05, 4.69) is 10.5 Å². The van der Waals surface area contributed by atoms with Crippen molar-refractivity contribution in [2.75, 3.05) is 32.9 Å². The standard InChI is InChI=1S/C21H20N2O7/c1-25-15-4-6-17(26-2)16(9-15)22-21(24)11-27-10-14-8-19(30-23-14)13-3-5-18-20(7-13)29-12-28-18/h3-9H,10-12H2,1-2H3,(H,22,24). The molecule has 156 valence electrons. The fourth-order valence-electron chi connectivity index (χ4n) is 2.91. The highest BCUT2D eigenvalue weighted by molar-refractivity contribution is 5.93. The average Bonchev–Trinajstić information content (AvgIpc) is 3.42. The second kappa shape index (κ2) is 8.75. The van der Waals surface area contributed by atoms with Crippen LogP contribution < -0.4 is 24.3 Å². The Morgan fingerprint density at radius 1 is 1.07 bits per heavy atom. The minimum atomic E-state index is -0.332. The van der Waals surface area contributed by atoms with E-state index in [0.29, 0.717) is 40.1 Å². The van der Waals surface area contributed by atoms with Gasteiger partial charge in [0.1, 0.15) is 23.8 Å². The normalized spacial score (nSPS) is 11.9. The highest BCUT2D eigenvalue weighted by Crippen LogP contribution is 2.36. The molecule has 4 rings (SSSR count). The minimum Gasteiger partial charge on any atom is -0.497 e. The molecule has 2 heterocycles. The molecule has 9 nitrogen and oxygen atoms in total. The van der Waals surface area contributed by atoms with Crippen LogP contribution in [-0.4, -0.2) is 38.7 Å². The maximum Gasteiger partial charge on any atom is 0.250 e. The zero-order valence-corrected chi connectivity index (χ0v) is 16.5. The first-order valence-corrected chi connectivity index (χ1v) is 9.11. The third-order valence-electron chi connectivity index (χ3n) is 4.38. The van der Waals surface area contributed by atoms with Crippen LogP contribution in [-0.2, 0) is 16.1 Å². The zero-order valence-electron chi connectivity index (χ0n) is 16.5. The molecule has 0 saturated carbocycles. The highest BCUT2D eigenvalue weighted by Gasteiger charge is 2.16. The van der Waals surface area contributed by atoms with Crippen molar-refractivity contribution in [3.63, 3.8) is 0 Å². The van der Waals surface area contributed by atoms with Gasteiger partial charge in [0.15, 0.2) is 17.3 Å². The molecule has 0 fully saturated rings. The zero-order chi connectivity index (χ0) is 20.9. The molecule has 0 atom stereocenters. The summed E-state index contributed by atoms with van der Waals surface area (Å²) in [7, 11) is 3.07. The summed E-state index contributed by atoms with van der Waals surface area (Å²) in [5.74, 6) is 2.71. The first-order valence-electron chi connectivity index (χ1n) is 9.11. The SMILES string of the molecule is COc1ccc(OC)c(NC(=O)COCc2cc(-c3ccc4c(c3)OCO4)on2)c1. The number of nitrogens with zero attached hydrogens (tertiary/aromatic N) is 1. The number of hydrogen-bond acceptors (Lipinski definition) is 8. The third-order valence-corrected chi connectivity index (χ3v) is 4.38. The molecule has 1 N–H and O–H groups in total. The summed E-state index contributed by atoms with van der Waals surface area (Å²) in [6, 6.07) is 12.4. The van der Waals surface area contributed by atoms with Gasteiger partial charge in [-0.1, -0.05) is 5.16 Å². The van der Waals surface area contributed by atoms with Gasteiger partial charge in [0.05, 0.1) is 26.5 Å². The number of methoxy groups -OCH3 is 2. The number of carbonyl (C=O) groups is 1. The van der Waals surface area contributed by atoms with Crippen LogP contribution in [0.3, 0.4) is 0 Å². The maximum atomic E-state index is 12.2. The van der Waals surface area contributed by atoms with Crippen molar-refractivity contribution >= 4 is 11.6 Å². The first kappa shape index (κ1) is 19.6. The van der Waals surface area contributed by atoms with Crippen molar-refractivity contribution in [3.05, 3.63) is 48.2 Å². The lowest BCUT2D eigenvalue weighted by Gasteiger charge is -2.11. The predicted molar refractivity (Wildman–Crippen MR) is 106 cm³/mol. The molecule has 3 aromatic rings. The number of nitrogens with one attached hydrogen (secondary N) is 1. The van der Waals surface area contributed by atoms with Gasteiger partial charge in [-0.15, -0.1) is 0 Å². The van der Waals surface area contributed by atoms with Gasteiger partial charge in [-0.3, -0.25) is 4.79 Å². The molecule has 0 saturated heterocycles. The molecule has 0 bridgehead atoms. The Labute approximate surface area is 172 Å². The van der Waals surface area contributed by atoms with Crippen LogP contribution in [0.1, 0.15) is 5.69 Å². The van der Waals surface area contributed by atoms with Gasteiger partial charge in [0.2, 0.25) is 12.7 Å². The van der Waals surface area contributed by atoms with Crippen molar-refractivity contribution in [1.29, 1.82) is 0 Å². The first-order chi connectivity index (χ1) is 14.7. The second-order valence-electron chi connectivity index (χ2n) is 6.36. The lowest BCUT2D eigenvalue weighted by molar-refractivity contribution is -0.121. The van der Waals surface area contributed by atoms with E-state index in [4.69, 9.17) is 28.2 Å². The molecule has 0 unspecified atom stereocenters. The van der Waals surface area contributed by atoms with E-state index >= 15 is 0 Å². The summed E-state index contributed by atoms with van der Waals surface area (Å²) in [6.45, 7) is 0.168. The summed E-state index contributed by atoms with van der Waals surface area (Å²) in [5.41, 5.74) is 1.87. The minimum absolute atomic E-state index is 0.122. The second-order valence-corrected chi connectivity index (χ2v) is 6.36. The Balaban J connectivity index is 1.31. The van der Waals surface area contributed by atoms with Crippen LogP contribution in [0, 0.1) is 0 Å². The molecule has 1 aromatic heterocycles. The van der Waals surface area contributed by atoms with Crippen molar-refractivity contribution < 1.29 is 33.0 Å². The number of anilines is 1. The lowest BCUT2D eigenvalue weighted by atomic mass is 10.1. The fraction of sp³-hybridized carbons (Fsp3) is 0.238. The van der Waals surface area contributed by atoms with Crippen molar-refractivity contribution in [2.24, 2.45) is 0 Å². The molecule has 30 heavy (non-hydrogen) atoms.